The molecular weight excluding hydrogens is 333 g/mol. The van der Waals surface area contributed by atoms with Gasteiger partial charge in [0.1, 0.15) is 18.0 Å². The van der Waals surface area contributed by atoms with Crippen molar-refractivity contribution in [3.05, 3.63) is 28.3 Å². The molecule has 1 amide bonds. The van der Waals surface area contributed by atoms with Crippen LogP contribution in [0.5, 0.6) is 11.5 Å². The number of hydrogen-bond donors (Lipinski definition) is 3. The predicted molar refractivity (Wildman–Crippen MR) is 76.9 cm³/mol. The number of fused-ring (bicyclic) bond motifs is 1. The normalized spacial score (nSPS) is 16.8. The number of carbonyl (C=O) groups is 1. The van der Waals surface area contributed by atoms with Crippen molar-refractivity contribution in [1.82, 2.24) is 9.29 Å². The van der Waals surface area contributed by atoms with Gasteiger partial charge >= 0.3 is 10.2 Å². The van der Waals surface area contributed by atoms with Crippen LogP contribution in [0.25, 0.3) is 10.9 Å². The van der Waals surface area contributed by atoms with E-state index < -0.39 is 51.2 Å². The first-order valence-electron chi connectivity index (χ1n) is 6.21. The number of aryl methyl sites for hydroxylation is 1. The summed E-state index contributed by atoms with van der Waals surface area (Å²) in [6.07, 6.45) is 0. The fraction of sp³-hybridized carbons (Fsp3) is 0.167. The van der Waals surface area contributed by atoms with Crippen molar-refractivity contribution in [2.45, 2.75) is 0 Å². The van der Waals surface area contributed by atoms with Gasteiger partial charge < -0.3 is 14.8 Å². The minimum atomic E-state index is -4.33. The van der Waals surface area contributed by atoms with Crippen molar-refractivity contribution in [2.75, 3.05) is 10.8 Å². The zero-order valence-electron chi connectivity index (χ0n) is 11.6. The van der Waals surface area contributed by atoms with Crippen LogP contribution in [0, 0.1) is 5.82 Å². The second-order valence-corrected chi connectivity index (χ2v) is 6.52. The summed E-state index contributed by atoms with van der Waals surface area (Å²) < 4.78 is 41.3. The molecule has 1 saturated heterocycles. The number of aromatic hydroxyl groups is 2. The van der Waals surface area contributed by atoms with E-state index in [1.165, 1.54) is 7.05 Å². The van der Waals surface area contributed by atoms with E-state index in [1.54, 1.807) is 4.72 Å². The number of amides is 1. The molecule has 2 heterocycles. The second kappa shape index (κ2) is 4.59. The van der Waals surface area contributed by atoms with Crippen LogP contribution < -0.4 is 14.6 Å². The number of carbonyl (C=O) groups excluding carboxylic acids is 1. The number of pyridine rings is 1. The standard InChI is InChI=1S/C12H10FN3O6S/c1-15-6-3-7(17)11(16-4-9(19)14-23(16,21)22)10(13)5(6)2-8(18)12(15)20/h2-3,17-18H,4H2,1H3,(H,14,19). The molecule has 1 aromatic heterocycles. The highest BCUT2D eigenvalue weighted by Gasteiger charge is 2.38. The Morgan fingerprint density at radius 1 is 1.22 bits per heavy atom. The zero-order valence-corrected chi connectivity index (χ0v) is 12.4. The zero-order chi connectivity index (χ0) is 17.1. The van der Waals surface area contributed by atoms with E-state index in [2.05, 4.69) is 0 Å². The summed E-state index contributed by atoms with van der Waals surface area (Å²) in [4.78, 5) is 22.9. The van der Waals surface area contributed by atoms with Gasteiger partial charge in [-0.25, -0.2) is 13.4 Å². The Balaban J connectivity index is 2.39. The number of rotatable bonds is 1. The summed E-state index contributed by atoms with van der Waals surface area (Å²) >= 11 is 0. The molecule has 1 aliphatic rings. The Hall–Kier alpha value is -2.82. The third-order valence-electron chi connectivity index (χ3n) is 3.47. The molecule has 11 heteroatoms. The van der Waals surface area contributed by atoms with Crippen LogP contribution in [0.1, 0.15) is 0 Å². The van der Waals surface area contributed by atoms with Gasteiger partial charge in [-0.1, -0.05) is 0 Å². The highest BCUT2D eigenvalue weighted by Crippen LogP contribution is 2.38. The number of halogens is 1. The molecule has 0 bridgehead atoms. The number of phenolic OH excluding ortho intramolecular Hbond substituents is 1. The van der Waals surface area contributed by atoms with Crippen LogP contribution in [0.3, 0.4) is 0 Å². The monoisotopic (exact) mass is 343 g/mol. The molecule has 2 aromatic rings. The molecule has 0 saturated carbocycles. The topological polar surface area (TPSA) is 129 Å². The smallest absolute Gasteiger partial charge is 0.326 e. The van der Waals surface area contributed by atoms with Crippen molar-refractivity contribution in [2.24, 2.45) is 7.05 Å². The first-order chi connectivity index (χ1) is 10.6. The summed E-state index contributed by atoms with van der Waals surface area (Å²) in [6, 6.07) is 1.81. The maximum absolute atomic E-state index is 14.7. The van der Waals surface area contributed by atoms with Crippen molar-refractivity contribution in [3.8, 4) is 11.5 Å². The van der Waals surface area contributed by atoms with E-state index in [1.807, 2.05) is 0 Å². The molecule has 0 spiro atoms. The number of nitrogens with zero attached hydrogens (tertiary/aromatic N) is 2. The second-order valence-electron chi connectivity index (χ2n) is 4.92. The number of aromatic nitrogens is 1. The van der Waals surface area contributed by atoms with Crippen molar-refractivity contribution >= 4 is 32.7 Å². The highest BCUT2D eigenvalue weighted by atomic mass is 32.2. The summed E-state index contributed by atoms with van der Waals surface area (Å²) in [5.41, 5.74) is -1.61. The average molecular weight is 343 g/mol. The first-order valence-corrected chi connectivity index (χ1v) is 7.65. The molecule has 1 fully saturated rings. The van der Waals surface area contributed by atoms with E-state index >= 15 is 0 Å². The lowest BCUT2D eigenvalue weighted by Crippen LogP contribution is -2.30. The van der Waals surface area contributed by atoms with Crippen LogP contribution in [-0.4, -0.2) is 35.6 Å². The molecule has 23 heavy (non-hydrogen) atoms. The van der Waals surface area contributed by atoms with Gasteiger partial charge in [-0.3, -0.25) is 9.59 Å². The summed E-state index contributed by atoms with van der Waals surface area (Å²) in [5, 5.41) is 19.2. The van der Waals surface area contributed by atoms with Crippen molar-refractivity contribution in [3.63, 3.8) is 0 Å². The average Bonchev–Trinajstić information content (AvgIpc) is 2.71. The largest absolute Gasteiger partial charge is 0.506 e. The summed E-state index contributed by atoms with van der Waals surface area (Å²) in [5.74, 6) is -3.58. The predicted octanol–water partition coefficient (Wildman–Crippen LogP) is -0.730. The lowest BCUT2D eigenvalue weighted by atomic mass is 10.1. The molecule has 3 rings (SSSR count). The van der Waals surface area contributed by atoms with E-state index in [4.69, 9.17) is 0 Å². The fourth-order valence-electron chi connectivity index (χ4n) is 2.41. The molecule has 1 aromatic carbocycles. The number of phenols is 1. The van der Waals surface area contributed by atoms with Crippen molar-refractivity contribution in [1.29, 1.82) is 0 Å². The van der Waals surface area contributed by atoms with E-state index in [0.717, 1.165) is 16.7 Å². The molecule has 0 radical (unpaired) electrons. The molecule has 9 nitrogen and oxygen atoms in total. The van der Waals surface area contributed by atoms with E-state index in [9.17, 15) is 32.6 Å². The van der Waals surface area contributed by atoms with Gasteiger partial charge in [-0.05, 0) is 6.07 Å². The van der Waals surface area contributed by atoms with Gasteiger partial charge in [-0.15, -0.1) is 0 Å². The lowest BCUT2D eigenvalue weighted by Gasteiger charge is -2.18. The number of hydrogen-bond acceptors (Lipinski definition) is 6. The van der Waals surface area contributed by atoms with Gasteiger partial charge in [0.25, 0.3) is 11.5 Å². The molecule has 1 aliphatic heterocycles. The molecule has 0 atom stereocenters. The Labute approximate surface area is 128 Å². The minimum Gasteiger partial charge on any atom is -0.506 e. The lowest BCUT2D eigenvalue weighted by molar-refractivity contribution is -0.117. The number of benzene rings is 1. The number of anilines is 1. The maximum Gasteiger partial charge on any atom is 0.326 e. The van der Waals surface area contributed by atoms with Crippen molar-refractivity contribution < 1.29 is 27.8 Å². The Morgan fingerprint density at radius 3 is 2.43 bits per heavy atom. The van der Waals surface area contributed by atoms with E-state index in [-0.39, 0.29) is 10.9 Å². The van der Waals surface area contributed by atoms with Gasteiger partial charge in [0, 0.05) is 18.5 Å². The van der Waals surface area contributed by atoms with E-state index in [0.29, 0.717) is 4.31 Å². The third-order valence-corrected chi connectivity index (χ3v) is 4.85. The Kier molecular flexibility index (Phi) is 3.01. The third kappa shape index (κ3) is 2.08. The SMILES string of the molecule is Cn1c(=O)c(O)cc2c(F)c(N3CC(=O)NS3(=O)=O)c(O)cc21. The number of nitrogens with one attached hydrogen (secondary N) is 1. The van der Waals surface area contributed by atoms with Crippen LogP contribution >= 0.6 is 0 Å². The summed E-state index contributed by atoms with van der Waals surface area (Å²) in [7, 11) is -3.08. The van der Waals surface area contributed by atoms with Crippen LogP contribution in [0.4, 0.5) is 10.1 Å². The Morgan fingerprint density at radius 2 is 1.87 bits per heavy atom. The summed E-state index contributed by atoms with van der Waals surface area (Å²) in [6.45, 7) is -0.698. The van der Waals surface area contributed by atoms with Gasteiger partial charge in [0.2, 0.25) is 0 Å². The van der Waals surface area contributed by atoms with Gasteiger partial charge in [-0.2, -0.15) is 8.42 Å². The molecule has 3 N–H and O–H groups in total. The highest BCUT2D eigenvalue weighted by molar-refractivity contribution is 7.92. The first kappa shape index (κ1) is 15.1. The maximum atomic E-state index is 14.7. The van der Waals surface area contributed by atoms with Crippen LogP contribution in [0.15, 0.2) is 16.9 Å². The molecule has 0 unspecified atom stereocenters. The molecule has 122 valence electrons. The Bertz CT molecular complexity index is 1030. The molecular formula is C12H10FN3O6S. The minimum absolute atomic E-state index is 0.0533. The fourth-order valence-corrected chi connectivity index (χ4v) is 3.57. The molecule has 0 aliphatic carbocycles. The van der Waals surface area contributed by atoms with Crippen LogP contribution in [0.2, 0.25) is 0 Å². The van der Waals surface area contributed by atoms with Gasteiger partial charge in [0.15, 0.2) is 11.6 Å². The van der Waals surface area contributed by atoms with Crippen LogP contribution in [-0.2, 0) is 22.1 Å². The van der Waals surface area contributed by atoms with Gasteiger partial charge in [0.05, 0.1) is 5.52 Å². The quantitative estimate of drug-likeness (QED) is 0.626.